The Hall–Kier alpha value is -0.680. The van der Waals surface area contributed by atoms with E-state index >= 15 is 0 Å². The van der Waals surface area contributed by atoms with E-state index in [0.29, 0.717) is 11.1 Å². The van der Waals surface area contributed by atoms with Crippen LogP contribution in [0.25, 0.3) is 11.2 Å². The third kappa shape index (κ3) is 3.57. The minimum absolute atomic E-state index is 0.609. The van der Waals surface area contributed by atoms with Crippen molar-refractivity contribution in [3.05, 3.63) is 11.5 Å². The number of alkyl halides is 1. The fourth-order valence-electron chi connectivity index (χ4n) is 2.63. The summed E-state index contributed by atoms with van der Waals surface area (Å²) in [5, 5.41) is 5.29. The molecular weight excluding hydrogens is 304 g/mol. The number of thioether (sulfide) groups is 1. The molecule has 0 fully saturated rings. The number of imidazole rings is 1. The van der Waals surface area contributed by atoms with Crippen LogP contribution in [0.1, 0.15) is 38.2 Å². The van der Waals surface area contributed by atoms with Gasteiger partial charge in [0.15, 0.2) is 5.65 Å². The highest BCUT2D eigenvalue weighted by Gasteiger charge is 2.18. The molecular formula is C15H25ClN4S. The molecule has 1 unspecified atom stereocenters. The van der Waals surface area contributed by atoms with Gasteiger partial charge >= 0.3 is 0 Å². The van der Waals surface area contributed by atoms with E-state index in [0.717, 1.165) is 54.9 Å². The average Bonchev–Trinajstić information content (AvgIpc) is 2.96. The summed E-state index contributed by atoms with van der Waals surface area (Å²) in [6.45, 7) is 5.43. The molecule has 0 amide bonds. The molecule has 0 radical (unpaired) electrons. The van der Waals surface area contributed by atoms with E-state index in [4.69, 9.17) is 16.6 Å². The van der Waals surface area contributed by atoms with Gasteiger partial charge in [-0.2, -0.15) is 16.9 Å². The highest BCUT2D eigenvalue weighted by molar-refractivity contribution is 7.99. The van der Waals surface area contributed by atoms with Gasteiger partial charge in [-0.3, -0.25) is 4.68 Å². The lowest BCUT2D eigenvalue weighted by molar-refractivity contribution is 0.605. The summed E-state index contributed by atoms with van der Waals surface area (Å²) in [6.07, 6.45) is 6.19. The van der Waals surface area contributed by atoms with Crippen molar-refractivity contribution in [2.75, 3.05) is 12.1 Å². The monoisotopic (exact) mass is 328 g/mol. The third-order valence-corrected chi connectivity index (χ3v) is 5.07. The number of aromatic nitrogens is 4. The first-order valence-electron chi connectivity index (χ1n) is 7.62. The quantitative estimate of drug-likeness (QED) is 0.694. The maximum Gasteiger partial charge on any atom is 0.158 e. The predicted octanol–water partition coefficient (Wildman–Crippen LogP) is 3.65. The van der Waals surface area contributed by atoms with E-state index in [9.17, 15) is 0 Å². The largest absolute Gasteiger partial charge is 0.313 e. The Labute approximate surface area is 136 Å². The van der Waals surface area contributed by atoms with Gasteiger partial charge in [0.1, 0.15) is 11.3 Å². The zero-order valence-electron chi connectivity index (χ0n) is 13.4. The molecule has 2 aromatic rings. The second-order valence-electron chi connectivity index (χ2n) is 5.45. The van der Waals surface area contributed by atoms with Crippen LogP contribution in [0.5, 0.6) is 0 Å². The molecule has 0 saturated carbocycles. The Morgan fingerprint density at radius 3 is 2.71 bits per heavy atom. The van der Waals surface area contributed by atoms with Crippen molar-refractivity contribution in [2.45, 2.75) is 51.3 Å². The number of rotatable bonds is 8. The predicted molar refractivity (Wildman–Crippen MR) is 92.5 cm³/mol. The number of nitrogens with zero attached hydrogens (tertiary/aromatic N) is 4. The molecule has 0 aliphatic carbocycles. The van der Waals surface area contributed by atoms with Gasteiger partial charge in [0.05, 0.1) is 5.69 Å². The van der Waals surface area contributed by atoms with E-state index < -0.39 is 0 Å². The summed E-state index contributed by atoms with van der Waals surface area (Å²) >= 11 is 7.86. The summed E-state index contributed by atoms with van der Waals surface area (Å²) in [4.78, 5) is 4.83. The van der Waals surface area contributed by atoms with E-state index in [1.165, 1.54) is 0 Å². The smallest absolute Gasteiger partial charge is 0.158 e. The van der Waals surface area contributed by atoms with Crippen LogP contribution in [0.4, 0.5) is 0 Å². The molecule has 1 atom stereocenters. The highest BCUT2D eigenvalue weighted by Crippen LogP contribution is 2.23. The van der Waals surface area contributed by atoms with Crippen LogP contribution in [0.3, 0.4) is 0 Å². The van der Waals surface area contributed by atoms with Crippen LogP contribution in [0.2, 0.25) is 0 Å². The first-order chi connectivity index (χ1) is 10.1. The number of hydrogen-bond acceptors (Lipinski definition) is 3. The van der Waals surface area contributed by atoms with Gasteiger partial charge < -0.3 is 4.57 Å². The molecule has 0 bridgehead atoms. The van der Waals surface area contributed by atoms with Gasteiger partial charge in [-0.15, -0.1) is 11.6 Å². The van der Waals surface area contributed by atoms with Crippen molar-refractivity contribution in [1.29, 1.82) is 0 Å². The van der Waals surface area contributed by atoms with Crippen molar-refractivity contribution >= 4 is 34.5 Å². The summed E-state index contributed by atoms with van der Waals surface area (Å²) in [5.74, 6) is 1.71. The number of fused-ring (bicyclic) bond motifs is 1. The van der Waals surface area contributed by atoms with Crippen LogP contribution in [0, 0.1) is 0 Å². The van der Waals surface area contributed by atoms with Crippen LogP contribution in [-0.2, 0) is 26.4 Å². The second kappa shape index (κ2) is 7.54. The van der Waals surface area contributed by atoms with Gasteiger partial charge in [-0.1, -0.05) is 20.3 Å². The molecule has 2 heterocycles. The molecule has 118 valence electrons. The molecule has 21 heavy (non-hydrogen) atoms. The lowest BCUT2D eigenvalue weighted by atomic mass is 10.2. The minimum Gasteiger partial charge on any atom is -0.313 e. The van der Waals surface area contributed by atoms with Gasteiger partial charge in [-0.25, -0.2) is 4.98 Å². The number of hydrogen-bond donors (Lipinski definition) is 0. The first-order valence-corrected chi connectivity index (χ1v) is 9.44. The average molecular weight is 329 g/mol. The molecule has 0 spiro atoms. The molecule has 0 aromatic carbocycles. The number of aryl methyl sites for hydroxylation is 4. The standard InChI is InChI=1S/C15H25ClN4S/c1-5-6-12-14-15(19(3)18-12)20(10-8-11(2)21-4)13(17-14)7-9-16/h11H,5-10H2,1-4H3. The molecule has 0 aliphatic rings. The molecule has 0 saturated heterocycles. The SMILES string of the molecule is CCCc1nn(C)c2c1nc(CCCl)n2CCC(C)SC. The molecule has 0 aliphatic heterocycles. The van der Waals surface area contributed by atoms with Crippen molar-refractivity contribution < 1.29 is 0 Å². The van der Waals surface area contributed by atoms with E-state index in [-0.39, 0.29) is 0 Å². The minimum atomic E-state index is 0.609. The summed E-state index contributed by atoms with van der Waals surface area (Å²) in [5.41, 5.74) is 3.32. The zero-order chi connectivity index (χ0) is 15.4. The second-order valence-corrected chi connectivity index (χ2v) is 7.10. The first kappa shape index (κ1) is 16.7. The van der Waals surface area contributed by atoms with E-state index in [1.54, 1.807) is 0 Å². The van der Waals surface area contributed by atoms with Gasteiger partial charge in [0.25, 0.3) is 0 Å². The maximum absolute atomic E-state index is 5.95. The van der Waals surface area contributed by atoms with Crippen LogP contribution >= 0.6 is 23.4 Å². The van der Waals surface area contributed by atoms with E-state index in [2.05, 4.69) is 29.8 Å². The summed E-state index contributed by atoms with van der Waals surface area (Å²) in [7, 11) is 2.02. The van der Waals surface area contributed by atoms with Crippen LogP contribution in [-0.4, -0.2) is 36.7 Å². The Bertz CT molecular complexity index is 590. The third-order valence-electron chi connectivity index (χ3n) is 3.84. The van der Waals surface area contributed by atoms with Crippen LogP contribution in [0.15, 0.2) is 0 Å². The molecule has 0 N–H and O–H groups in total. The fraction of sp³-hybridized carbons (Fsp3) is 0.733. The van der Waals surface area contributed by atoms with E-state index in [1.807, 2.05) is 23.5 Å². The molecule has 2 aromatic heterocycles. The zero-order valence-corrected chi connectivity index (χ0v) is 15.0. The van der Waals surface area contributed by atoms with Crippen molar-refractivity contribution in [1.82, 2.24) is 19.3 Å². The normalized spacial score (nSPS) is 13.2. The fourth-order valence-corrected chi connectivity index (χ4v) is 3.14. The highest BCUT2D eigenvalue weighted by atomic mass is 35.5. The summed E-state index contributed by atoms with van der Waals surface area (Å²) in [6, 6.07) is 0. The van der Waals surface area contributed by atoms with Gasteiger partial charge in [0, 0.05) is 31.1 Å². The Balaban J connectivity index is 2.41. The van der Waals surface area contributed by atoms with Crippen molar-refractivity contribution in [3.8, 4) is 0 Å². The van der Waals surface area contributed by atoms with Crippen LogP contribution < -0.4 is 0 Å². The Kier molecular flexibility index (Phi) is 5.99. The van der Waals surface area contributed by atoms with Crippen molar-refractivity contribution in [2.24, 2.45) is 7.05 Å². The van der Waals surface area contributed by atoms with Crippen molar-refractivity contribution in [3.63, 3.8) is 0 Å². The van der Waals surface area contributed by atoms with Gasteiger partial charge in [-0.05, 0) is 19.1 Å². The number of halogens is 1. The van der Waals surface area contributed by atoms with Gasteiger partial charge in [0.2, 0.25) is 0 Å². The topological polar surface area (TPSA) is 35.6 Å². The maximum atomic E-state index is 5.95. The molecule has 6 heteroatoms. The Morgan fingerprint density at radius 2 is 2.10 bits per heavy atom. The lowest BCUT2D eigenvalue weighted by Crippen LogP contribution is -2.11. The Morgan fingerprint density at radius 1 is 1.33 bits per heavy atom. The molecule has 2 rings (SSSR count). The lowest BCUT2D eigenvalue weighted by Gasteiger charge is -2.12. The molecule has 4 nitrogen and oxygen atoms in total. The summed E-state index contributed by atoms with van der Waals surface area (Å²) < 4.78 is 4.30.